The average molecular weight is 363 g/mol. The van der Waals surface area contributed by atoms with Crippen LogP contribution < -0.4 is 5.32 Å². The lowest BCUT2D eigenvalue weighted by molar-refractivity contribution is 0.102. The minimum atomic E-state index is -0.197. The van der Waals surface area contributed by atoms with Crippen molar-refractivity contribution in [2.45, 2.75) is 20.4 Å². The topological polar surface area (TPSA) is 34.0 Å². The van der Waals surface area contributed by atoms with E-state index in [1.165, 1.54) is 21.8 Å². The second-order valence-corrected chi connectivity index (χ2v) is 6.73. The number of benzene rings is 3. The number of hydrogen-bond acceptors (Lipinski definition) is 1. The summed E-state index contributed by atoms with van der Waals surface area (Å²) >= 11 is 6.16. The van der Waals surface area contributed by atoms with Gasteiger partial charge in [-0.2, -0.15) is 0 Å². The van der Waals surface area contributed by atoms with E-state index in [1.54, 1.807) is 12.1 Å². The van der Waals surface area contributed by atoms with Crippen LogP contribution in [-0.2, 0) is 6.54 Å². The number of aromatic nitrogens is 1. The third-order valence-electron chi connectivity index (χ3n) is 4.88. The largest absolute Gasteiger partial charge is 0.341 e. The normalized spacial score (nSPS) is 11.2. The Morgan fingerprint density at radius 2 is 1.73 bits per heavy atom. The van der Waals surface area contributed by atoms with E-state index < -0.39 is 0 Å². The maximum Gasteiger partial charge on any atom is 0.257 e. The van der Waals surface area contributed by atoms with Crippen molar-refractivity contribution in [2.24, 2.45) is 0 Å². The van der Waals surface area contributed by atoms with E-state index in [2.05, 4.69) is 54.1 Å². The Balaban J connectivity index is 1.85. The Morgan fingerprint density at radius 3 is 2.50 bits per heavy atom. The third kappa shape index (κ3) is 2.56. The van der Waals surface area contributed by atoms with Crippen LogP contribution in [0, 0.1) is 6.92 Å². The highest BCUT2D eigenvalue weighted by molar-refractivity contribution is 6.34. The molecular formula is C22H19ClN2O. The SMILES string of the molecule is CCn1c2ccccc2c2c(C)c(NC(=O)c3ccccc3Cl)ccc21. The molecule has 1 N–H and O–H groups in total. The fourth-order valence-electron chi connectivity index (χ4n) is 3.62. The molecule has 1 aromatic heterocycles. The first-order valence-electron chi connectivity index (χ1n) is 8.68. The van der Waals surface area contributed by atoms with Crippen molar-refractivity contribution in [3.63, 3.8) is 0 Å². The number of anilines is 1. The van der Waals surface area contributed by atoms with E-state index in [1.807, 2.05) is 18.2 Å². The first kappa shape index (κ1) is 16.7. The lowest BCUT2D eigenvalue weighted by Crippen LogP contribution is -2.13. The van der Waals surface area contributed by atoms with Gasteiger partial charge in [-0.1, -0.05) is 41.9 Å². The predicted octanol–water partition coefficient (Wildman–Crippen LogP) is 6.03. The van der Waals surface area contributed by atoms with Crippen LogP contribution >= 0.6 is 11.6 Å². The minimum Gasteiger partial charge on any atom is -0.341 e. The van der Waals surface area contributed by atoms with Crippen LogP contribution in [0.2, 0.25) is 5.02 Å². The van der Waals surface area contributed by atoms with Crippen LogP contribution in [0.1, 0.15) is 22.8 Å². The Labute approximate surface area is 157 Å². The Hall–Kier alpha value is -2.78. The molecule has 4 aromatic rings. The molecule has 26 heavy (non-hydrogen) atoms. The summed E-state index contributed by atoms with van der Waals surface area (Å²) in [6, 6.07) is 19.5. The predicted molar refractivity (Wildman–Crippen MR) is 109 cm³/mol. The van der Waals surface area contributed by atoms with Gasteiger partial charge in [0, 0.05) is 34.0 Å². The van der Waals surface area contributed by atoms with E-state index in [-0.39, 0.29) is 5.91 Å². The van der Waals surface area contributed by atoms with E-state index in [0.717, 1.165) is 17.8 Å². The maximum absolute atomic E-state index is 12.6. The Kier molecular flexibility index (Phi) is 4.17. The van der Waals surface area contributed by atoms with E-state index >= 15 is 0 Å². The van der Waals surface area contributed by atoms with Gasteiger partial charge in [0.05, 0.1) is 10.6 Å². The fraction of sp³-hybridized carbons (Fsp3) is 0.136. The summed E-state index contributed by atoms with van der Waals surface area (Å²) in [5.41, 5.74) is 4.74. The van der Waals surface area contributed by atoms with Crippen LogP contribution in [0.5, 0.6) is 0 Å². The standard InChI is InChI=1S/C22H19ClN2O/c1-3-25-19-11-7-5-9-16(19)21-14(2)18(12-13-20(21)25)24-22(26)15-8-4-6-10-17(15)23/h4-13H,3H2,1-2H3,(H,24,26). The average Bonchev–Trinajstić information content (AvgIpc) is 2.98. The smallest absolute Gasteiger partial charge is 0.257 e. The molecule has 0 atom stereocenters. The molecule has 3 aromatic carbocycles. The van der Waals surface area contributed by atoms with Gasteiger partial charge in [-0.25, -0.2) is 0 Å². The summed E-state index contributed by atoms with van der Waals surface area (Å²) in [5.74, 6) is -0.197. The zero-order valence-corrected chi connectivity index (χ0v) is 15.5. The molecule has 4 rings (SSSR count). The summed E-state index contributed by atoms with van der Waals surface area (Å²) in [7, 11) is 0. The number of amides is 1. The molecule has 0 fully saturated rings. The van der Waals surface area contributed by atoms with Crippen LogP contribution in [-0.4, -0.2) is 10.5 Å². The van der Waals surface area contributed by atoms with Gasteiger partial charge in [0.2, 0.25) is 0 Å². The number of rotatable bonds is 3. The quantitative estimate of drug-likeness (QED) is 0.474. The van der Waals surface area contributed by atoms with Crippen molar-refractivity contribution in [1.29, 1.82) is 0 Å². The monoisotopic (exact) mass is 362 g/mol. The fourth-order valence-corrected chi connectivity index (χ4v) is 3.85. The zero-order valence-electron chi connectivity index (χ0n) is 14.7. The molecule has 0 saturated heterocycles. The van der Waals surface area contributed by atoms with Gasteiger partial charge in [0.15, 0.2) is 0 Å². The summed E-state index contributed by atoms with van der Waals surface area (Å²) in [4.78, 5) is 12.6. The molecule has 0 aliphatic carbocycles. The molecule has 0 unspecified atom stereocenters. The molecule has 3 nitrogen and oxygen atoms in total. The number of halogens is 1. The Bertz CT molecular complexity index is 1140. The van der Waals surface area contributed by atoms with Gasteiger partial charge in [0.1, 0.15) is 0 Å². The lowest BCUT2D eigenvalue weighted by atomic mass is 10.1. The molecule has 4 heteroatoms. The maximum atomic E-state index is 12.6. The first-order chi connectivity index (χ1) is 12.6. The van der Waals surface area contributed by atoms with E-state index in [4.69, 9.17) is 11.6 Å². The van der Waals surface area contributed by atoms with Gasteiger partial charge < -0.3 is 9.88 Å². The molecule has 0 aliphatic rings. The van der Waals surface area contributed by atoms with Crippen molar-refractivity contribution in [2.75, 3.05) is 5.32 Å². The van der Waals surface area contributed by atoms with E-state index in [9.17, 15) is 4.79 Å². The first-order valence-corrected chi connectivity index (χ1v) is 9.06. The molecule has 0 spiro atoms. The molecule has 0 bridgehead atoms. The lowest BCUT2D eigenvalue weighted by Gasteiger charge is -2.11. The third-order valence-corrected chi connectivity index (χ3v) is 5.21. The second-order valence-electron chi connectivity index (χ2n) is 6.33. The zero-order chi connectivity index (χ0) is 18.3. The molecule has 130 valence electrons. The van der Waals surface area contributed by atoms with Crippen LogP contribution in [0.25, 0.3) is 21.8 Å². The molecule has 1 amide bonds. The number of aryl methyl sites for hydroxylation is 2. The number of nitrogens with zero attached hydrogens (tertiary/aromatic N) is 1. The molecule has 0 radical (unpaired) electrons. The van der Waals surface area contributed by atoms with Crippen LogP contribution in [0.4, 0.5) is 5.69 Å². The van der Waals surface area contributed by atoms with Gasteiger partial charge in [0.25, 0.3) is 5.91 Å². The van der Waals surface area contributed by atoms with Crippen molar-refractivity contribution in [1.82, 2.24) is 4.57 Å². The second kappa shape index (κ2) is 6.50. The number of carbonyl (C=O) groups excluding carboxylic acids is 1. The molecular weight excluding hydrogens is 344 g/mol. The highest BCUT2D eigenvalue weighted by atomic mass is 35.5. The van der Waals surface area contributed by atoms with Gasteiger partial charge >= 0.3 is 0 Å². The number of fused-ring (bicyclic) bond motifs is 3. The summed E-state index contributed by atoms with van der Waals surface area (Å²) in [5, 5.41) is 5.85. The van der Waals surface area contributed by atoms with Gasteiger partial charge in [-0.05, 0) is 49.7 Å². The highest BCUT2D eigenvalue weighted by Gasteiger charge is 2.16. The van der Waals surface area contributed by atoms with Gasteiger partial charge in [-0.3, -0.25) is 4.79 Å². The Morgan fingerprint density at radius 1 is 1.00 bits per heavy atom. The van der Waals surface area contributed by atoms with Gasteiger partial charge in [-0.15, -0.1) is 0 Å². The van der Waals surface area contributed by atoms with Crippen LogP contribution in [0.15, 0.2) is 60.7 Å². The summed E-state index contributed by atoms with van der Waals surface area (Å²) < 4.78 is 2.30. The highest BCUT2D eigenvalue weighted by Crippen LogP contribution is 2.35. The summed E-state index contributed by atoms with van der Waals surface area (Å²) in [6.07, 6.45) is 0. The minimum absolute atomic E-state index is 0.197. The van der Waals surface area contributed by atoms with E-state index in [0.29, 0.717) is 10.6 Å². The number of para-hydroxylation sites is 1. The van der Waals surface area contributed by atoms with Crippen LogP contribution in [0.3, 0.4) is 0 Å². The van der Waals surface area contributed by atoms with Crippen molar-refractivity contribution in [3.05, 3.63) is 76.8 Å². The van der Waals surface area contributed by atoms with Crippen molar-refractivity contribution >= 4 is 45.0 Å². The number of hydrogen-bond donors (Lipinski definition) is 1. The summed E-state index contributed by atoms with van der Waals surface area (Å²) in [6.45, 7) is 5.10. The number of nitrogens with one attached hydrogen (secondary N) is 1. The van der Waals surface area contributed by atoms with Crippen molar-refractivity contribution < 1.29 is 4.79 Å². The molecule has 1 heterocycles. The van der Waals surface area contributed by atoms with Crippen molar-refractivity contribution in [3.8, 4) is 0 Å². The molecule has 0 saturated carbocycles. The molecule has 0 aliphatic heterocycles. The number of carbonyl (C=O) groups is 1.